The molecule has 2 aromatic rings. The van der Waals surface area contributed by atoms with Crippen LogP contribution in [0, 0.1) is 5.92 Å². The quantitative estimate of drug-likeness (QED) is 0.733. The van der Waals surface area contributed by atoms with Crippen LogP contribution in [0.2, 0.25) is 0 Å². The number of thioether (sulfide) groups is 1. The summed E-state index contributed by atoms with van der Waals surface area (Å²) in [5.74, 6) is 1.22. The number of nitrogens with one attached hydrogen (secondary N) is 1. The van der Waals surface area contributed by atoms with Crippen LogP contribution in [0.3, 0.4) is 0 Å². The van der Waals surface area contributed by atoms with E-state index in [0.29, 0.717) is 12.5 Å². The van der Waals surface area contributed by atoms with E-state index in [1.165, 1.54) is 0 Å². The number of nitrogens with zero attached hydrogens (tertiary/aromatic N) is 2. The summed E-state index contributed by atoms with van der Waals surface area (Å²) in [6, 6.07) is 13.9. The van der Waals surface area contributed by atoms with Gasteiger partial charge >= 0.3 is 0 Å². The van der Waals surface area contributed by atoms with Gasteiger partial charge in [0.15, 0.2) is 0 Å². The molecular weight excluding hydrogens is 346 g/mol. The topological polar surface area (TPSA) is 65.5 Å². The lowest BCUT2D eigenvalue weighted by atomic mass is 9.98. The highest BCUT2D eigenvalue weighted by Crippen LogP contribution is 2.22. The molecular formula is C20H25N3O2S. The third-order valence-electron chi connectivity index (χ3n) is 4.57. The molecule has 1 aromatic carbocycles. The highest BCUT2D eigenvalue weighted by Gasteiger charge is 2.20. The molecule has 1 aliphatic heterocycles. The number of amides is 1. The van der Waals surface area contributed by atoms with Crippen LogP contribution in [0.25, 0.3) is 0 Å². The largest absolute Gasteiger partial charge is 0.396 e. The molecule has 0 saturated carbocycles. The Labute approximate surface area is 158 Å². The van der Waals surface area contributed by atoms with Crippen molar-refractivity contribution in [2.75, 3.05) is 31.6 Å². The fourth-order valence-electron chi connectivity index (χ4n) is 3.06. The van der Waals surface area contributed by atoms with Crippen LogP contribution in [-0.2, 0) is 10.5 Å². The molecule has 0 bridgehead atoms. The lowest BCUT2D eigenvalue weighted by Gasteiger charge is -2.30. The van der Waals surface area contributed by atoms with Gasteiger partial charge in [0.05, 0.1) is 11.6 Å². The zero-order valence-corrected chi connectivity index (χ0v) is 15.6. The summed E-state index contributed by atoms with van der Waals surface area (Å²) in [6.07, 6.45) is 3.72. The van der Waals surface area contributed by atoms with Gasteiger partial charge in [-0.1, -0.05) is 18.2 Å². The molecule has 1 saturated heterocycles. The first-order chi connectivity index (χ1) is 12.7. The molecule has 0 atom stereocenters. The number of hydrogen-bond donors (Lipinski definition) is 2. The number of hydrogen-bond acceptors (Lipinski definition) is 5. The summed E-state index contributed by atoms with van der Waals surface area (Å²) in [5.41, 5.74) is 1.99. The maximum absolute atomic E-state index is 12.3. The Kier molecular flexibility index (Phi) is 7.05. The number of likely N-dealkylation sites (tertiary alicyclic amines) is 1. The Bertz CT molecular complexity index is 703. The van der Waals surface area contributed by atoms with Gasteiger partial charge in [-0.2, -0.15) is 0 Å². The van der Waals surface area contributed by atoms with E-state index >= 15 is 0 Å². The number of carbonyl (C=O) groups is 1. The lowest BCUT2D eigenvalue weighted by molar-refractivity contribution is -0.117. The zero-order chi connectivity index (χ0) is 18.2. The Morgan fingerprint density at radius 3 is 2.81 bits per heavy atom. The van der Waals surface area contributed by atoms with Gasteiger partial charge in [-0.05, 0) is 61.7 Å². The highest BCUT2D eigenvalue weighted by atomic mass is 32.2. The Morgan fingerprint density at radius 2 is 2.08 bits per heavy atom. The smallest absolute Gasteiger partial charge is 0.238 e. The number of piperidine rings is 1. The molecule has 1 fully saturated rings. The van der Waals surface area contributed by atoms with Gasteiger partial charge in [0.2, 0.25) is 5.91 Å². The van der Waals surface area contributed by atoms with Gasteiger partial charge in [-0.3, -0.25) is 9.69 Å². The second kappa shape index (κ2) is 9.71. The minimum Gasteiger partial charge on any atom is -0.396 e. The Balaban J connectivity index is 1.48. The molecule has 0 unspecified atom stereocenters. The summed E-state index contributed by atoms with van der Waals surface area (Å²) in [7, 11) is 0. The van der Waals surface area contributed by atoms with Gasteiger partial charge in [-0.25, -0.2) is 4.98 Å². The summed E-state index contributed by atoms with van der Waals surface area (Å²) in [4.78, 5) is 18.8. The number of rotatable bonds is 7. The third-order valence-corrected chi connectivity index (χ3v) is 5.58. The highest BCUT2D eigenvalue weighted by molar-refractivity contribution is 7.98. The van der Waals surface area contributed by atoms with Crippen LogP contribution in [0.4, 0.5) is 5.69 Å². The molecule has 1 aromatic heterocycles. The number of benzene rings is 1. The average Bonchev–Trinajstić information content (AvgIpc) is 2.68. The monoisotopic (exact) mass is 371 g/mol. The van der Waals surface area contributed by atoms with Crippen molar-refractivity contribution in [3.05, 3.63) is 54.2 Å². The first-order valence-electron chi connectivity index (χ1n) is 8.99. The Morgan fingerprint density at radius 1 is 1.23 bits per heavy atom. The first-order valence-corrected chi connectivity index (χ1v) is 9.97. The number of anilines is 1. The predicted molar refractivity (Wildman–Crippen MR) is 105 cm³/mol. The Hall–Kier alpha value is -1.89. The summed E-state index contributed by atoms with van der Waals surface area (Å²) < 4.78 is 0. The molecule has 0 spiro atoms. The van der Waals surface area contributed by atoms with Gasteiger partial charge < -0.3 is 10.4 Å². The van der Waals surface area contributed by atoms with Crippen molar-refractivity contribution in [2.24, 2.45) is 5.92 Å². The van der Waals surface area contributed by atoms with Crippen molar-refractivity contribution in [3.8, 4) is 0 Å². The van der Waals surface area contributed by atoms with Crippen LogP contribution in [-0.4, -0.2) is 47.1 Å². The SMILES string of the molecule is O=C(CN1CCC(CO)CC1)Nc1cccc(CSc2ccccn2)c1. The molecule has 26 heavy (non-hydrogen) atoms. The van der Waals surface area contributed by atoms with E-state index in [2.05, 4.69) is 21.3 Å². The zero-order valence-electron chi connectivity index (χ0n) is 14.8. The maximum atomic E-state index is 12.3. The molecule has 3 rings (SSSR count). The maximum Gasteiger partial charge on any atom is 0.238 e. The molecule has 138 valence electrons. The minimum atomic E-state index is 0.0157. The van der Waals surface area contributed by atoms with Crippen molar-refractivity contribution in [1.29, 1.82) is 0 Å². The molecule has 2 N–H and O–H groups in total. The molecule has 6 heteroatoms. The molecule has 0 radical (unpaired) electrons. The average molecular weight is 372 g/mol. The molecule has 5 nitrogen and oxygen atoms in total. The number of aliphatic hydroxyl groups is 1. The van der Waals surface area contributed by atoms with Crippen molar-refractivity contribution >= 4 is 23.4 Å². The lowest BCUT2D eigenvalue weighted by Crippen LogP contribution is -2.39. The van der Waals surface area contributed by atoms with Crippen LogP contribution in [0.15, 0.2) is 53.7 Å². The van der Waals surface area contributed by atoms with Crippen LogP contribution in [0.1, 0.15) is 18.4 Å². The van der Waals surface area contributed by atoms with E-state index in [-0.39, 0.29) is 12.5 Å². The van der Waals surface area contributed by atoms with Crippen molar-refractivity contribution < 1.29 is 9.90 Å². The number of aromatic nitrogens is 1. The van der Waals surface area contributed by atoms with E-state index in [4.69, 9.17) is 0 Å². The van der Waals surface area contributed by atoms with Gasteiger partial charge in [0.25, 0.3) is 0 Å². The van der Waals surface area contributed by atoms with Crippen LogP contribution < -0.4 is 5.32 Å². The molecule has 1 aliphatic rings. The fraction of sp³-hybridized carbons (Fsp3) is 0.400. The van der Waals surface area contributed by atoms with Crippen LogP contribution >= 0.6 is 11.8 Å². The molecule has 2 heterocycles. The van der Waals surface area contributed by atoms with Crippen molar-refractivity contribution in [3.63, 3.8) is 0 Å². The van der Waals surface area contributed by atoms with Crippen molar-refractivity contribution in [1.82, 2.24) is 9.88 Å². The number of carbonyl (C=O) groups excluding carboxylic acids is 1. The molecule has 1 amide bonds. The number of aliphatic hydroxyl groups excluding tert-OH is 1. The second-order valence-corrected chi connectivity index (χ2v) is 7.60. The standard InChI is InChI=1S/C20H25N3O2S/c24-14-16-7-10-23(11-8-16)13-19(25)22-18-5-3-4-17(12-18)15-26-20-6-1-2-9-21-20/h1-6,9,12,16,24H,7-8,10-11,13-15H2,(H,22,25). The molecule has 0 aliphatic carbocycles. The van der Waals surface area contributed by atoms with Gasteiger partial charge in [0.1, 0.15) is 0 Å². The van der Waals surface area contributed by atoms with E-state index < -0.39 is 0 Å². The van der Waals surface area contributed by atoms with E-state index in [1.807, 2.05) is 36.4 Å². The van der Waals surface area contributed by atoms with Crippen LogP contribution in [0.5, 0.6) is 0 Å². The van der Waals surface area contributed by atoms with Gasteiger partial charge in [-0.15, -0.1) is 11.8 Å². The summed E-state index contributed by atoms with van der Waals surface area (Å²) >= 11 is 1.68. The normalized spacial score (nSPS) is 15.7. The third kappa shape index (κ3) is 5.83. The number of pyridine rings is 1. The van der Waals surface area contributed by atoms with E-state index in [9.17, 15) is 9.90 Å². The van der Waals surface area contributed by atoms with E-state index in [1.54, 1.807) is 18.0 Å². The van der Waals surface area contributed by atoms with E-state index in [0.717, 1.165) is 48.0 Å². The predicted octanol–water partition coefficient (Wildman–Crippen LogP) is 3.02. The van der Waals surface area contributed by atoms with Crippen molar-refractivity contribution in [2.45, 2.75) is 23.6 Å². The summed E-state index contributed by atoms with van der Waals surface area (Å²) in [5, 5.41) is 13.2. The first kappa shape index (κ1) is 18.9. The summed E-state index contributed by atoms with van der Waals surface area (Å²) in [6.45, 7) is 2.41. The van der Waals surface area contributed by atoms with Gasteiger partial charge in [0, 0.05) is 24.2 Å². The second-order valence-electron chi connectivity index (χ2n) is 6.61. The minimum absolute atomic E-state index is 0.0157. The fourth-order valence-corrected chi connectivity index (χ4v) is 3.86.